The summed E-state index contributed by atoms with van der Waals surface area (Å²) in [4.78, 5) is 0. The molecular weight excluding hydrogens is 219 g/mol. The van der Waals surface area contributed by atoms with Gasteiger partial charge in [0.2, 0.25) is 0 Å². The van der Waals surface area contributed by atoms with Crippen LogP contribution in [0.15, 0.2) is 0 Å². The first-order chi connectivity index (χ1) is 0. The van der Waals surface area contributed by atoms with Gasteiger partial charge >= 0.3 is 45.5 Å². The number of hydrogen-bond donors (Lipinski definition) is 0. The van der Waals surface area contributed by atoms with Gasteiger partial charge in [0.25, 0.3) is 0 Å². The van der Waals surface area contributed by atoms with Gasteiger partial charge in [-0.25, -0.2) is 0 Å². The van der Waals surface area contributed by atoms with E-state index in [9.17, 15) is 0 Å². The van der Waals surface area contributed by atoms with Crippen LogP contribution in [0.1, 0.15) is 0 Å². The van der Waals surface area contributed by atoms with Gasteiger partial charge in [-0.2, -0.15) is 0 Å². The molecule has 0 saturated heterocycles. The Hall–Kier alpha value is 1.53. The average Bonchev–Trinajstić information content (AvgIpc) is 0. The minimum absolute atomic E-state index is 0. The van der Waals surface area contributed by atoms with Crippen LogP contribution in [0.2, 0.25) is 0 Å². The molecule has 0 aliphatic heterocycles. The molecular formula is H12ClO6Sr+. The Bertz CT molecular complexity index is 8.49. The van der Waals surface area contributed by atoms with Crippen molar-refractivity contribution in [2.75, 3.05) is 0 Å². The van der Waals surface area contributed by atoms with Gasteiger partial charge in [0.1, 0.15) is 0 Å². The Morgan fingerprint density at radius 2 is 0.375 bits per heavy atom. The van der Waals surface area contributed by atoms with E-state index >= 15 is 0 Å². The minimum atomic E-state index is 0. The van der Waals surface area contributed by atoms with Gasteiger partial charge in [-0.05, 0) is 0 Å². The summed E-state index contributed by atoms with van der Waals surface area (Å²) in [6, 6.07) is 0. The molecule has 0 aromatic heterocycles. The largest absolute Gasteiger partial charge is 2.00 e. The van der Waals surface area contributed by atoms with Crippen LogP contribution in [0.4, 0.5) is 0 Å². The topological polar surface area (TPSA) is 189 Å². The first kappa shape index (κ1) is 296. The zero-order valence-corrected chi connectivity index (χ0v) is 8.32. The van der Waals surface area contributed by atoms with E-state index in [-0.39, 0.29) is 90.7 Å². The molecule has 0 bridgehead atoms. The maximum absolute atomic E-state index is 0. The van der Waals surface area contributed by atoms with E-state index < -0.39 is 0 Å². The van der Waals surface area contributed by atoms with Crippen LogP contribution in [-0.2, 0) is 0 Å². The van der Waals surface area contributed by atoms with Gasteiger partial charge in [0.05, 0.1) is 0 Å². The third-order valence-electron chi connectivity index (χ3n) is 0. The van der Waals surface area contributed by atoms with Crippen molar-refractivity contribution in [3.8, 4) is 0 Å². The van der Waals surface area contributed by atoms with E-state index in [0.717, 1.165) is 0 Å². The van der Waals surface area contributed by atoms with E-state index in [1.807, 2.05) is 0 Å². The molecule has 0 radical (unpaired) electrons. The molecule has 0 aliphatic carbocycles. The van der Waals surface area contributed by atoms with Crippen molar-refractivity contribution >= 4 is 45.5 Å². The number of halogens is 1. The van der Waals surface area contributed by atoms with Crippen molar-refractivity contribution in [2.24, 2.45) is 0 Å². The Balaban J connectivity index is 0. The third kappa shape index (κ3) is 137. The SMILES string of the molecule is O.O.O.O.O.O.[Cl-].[Sr+2]. The average molecular weight is 231 g/mol. The molecule has 0 rings (SSSR count). The van der Waals surface area contributed by atoms with E-state index in [1.165, 1.54) is 0 Å². The van der Waals surface area contributed by atoms with Crippen molar-refractivity contribution in [2.45, 2.75) is 0 Å². The van der Waals surface area contributed by atoms with Crippen molar-refractivity contribution in [1.29, 1.82) is 0 Å². The Labute approximate surface area is 89.8 Å². The fourth-order valence-corrected chi connectivity index (χ4v) is 0. The van der Waals surface area contributed by atoms with Crippen LogP contribution in [0, 0.1) is 0 Å². The van der Waals surface area contributed by atoms with E-state index in [4.69, 9.17) is 0 Å². The summed E-state index contributed by atoms with van der Waals surface area (Å²) in [7, 11) is 0. The van der Waals surface area contributed by atoms with Crippen LogP contribution in [0.3, 0.4) is 0 Å². The van der Waals surface area contributed by atoms with Crippen LogP contribution in [-0.4, -0.2) is 78.3 Å². The van der Waals surface area contributed by atoms with Crippen LogP contribution in [0.5, 0.6) is 0 Å². The summed E-state index contributed by atoms with van der Waals surface area (Å²) in [5.41, 5.74) is 0. The molecule has 0 saturated carbocycles. The monoisotopic (exact) mass is 231 g/mol. The maximum atomic E-state index is 0. The second-order valence-electron chi connectivity index (χ2n) is 0. The fraction of sp³-hybridized carbons (Fsp3) is 0. The molecule has 0 spiro atoms. The van der Waals surface area contributed by atoms with E-state index in [2.05, 4.69) is 0 Å². The predicted molar refractivity (Wildman–Crippen MR) is 27.4 cm³/mol. The molecule has 0 heterocycles. The summed E-state index contributed by atoms with van der Waals surface area (Å²) in [5.74, 6) is 0. The molecule has 6 nitrogen and oxygen atoms in total. The van der Waals surface area contributed by atoms with E-state index in [1.54, 1.807) is 0 Å². The second kappa shape index (κ2) is 207. The van der Waals surface area contributed by atoms with Crippen LogP contribution >= 0.6 is 0 Å². The van der Waals surface area contributed by atoms with Crippen molar-refractivity contribution in [3.63, 3.8) is 0 Å². The van der Waals surface area contributed by atoms with Crippen molar-refractivity contribution in [1.82, 2.24) is 0 Å². The van der Waals surface area contributed by atoms with Crippen LogP contribution in [0.25, 0.3) is 0 Å². The Morgan fingerprint density at radius 3 is 0.375 bits per heavy atom. The zero-order valence-electron chi connectivity index (χ0n) is 4.09. The normalized spacial score (nSPS) is 0. The first-order valence-electron chi connectivity index (χ1n) is 0. The summed E-state index contributed by atoms with van der Waals surface area (Å²) in [5, 5.41) is 0. The van der Waals surface area contributed by atoms with Crippen LogP contribution < -0.4 is 12.4 Å². The smallest absolute Gasteiger partial charge is 1.00 e. The Kier molecular flexibility index (Phi) is 7640. The quantitative estimate of drug-likeness (QED) is 0.358. The summed E-state index contributed by atoms with van der Waals surface area (Å²) in [6.07, 6.45) is 0. The second-order valence-corrected chi connectivity index (χ2v) is 0. The van der Waals surface area contributed by atoms with Gasteiger partial charge in [0, 0.05) is 0 Å². The molecule has 0 fully saturated rings. The number of rotatable bonds is 0. The van der Waals surface area contributed by atoms with Gasteiger partial charge < -0.3 is 45.3 Å². The predicted octanol–water partition coefficient (Wildman–Crippen LogP) is -8.32. The summed E-state index contributed by atoms with van der Waals surface area (Å²) in [6.45, 7) is 0. The molecule has 0 aromatic carbocycles. The third-order valence-corrected chi connectivity index (χ3v) is 0. The Morgan fingerprint density at radius 1 is 0.375 bits per heavy atom. The van der Waals surface area contributed by atoms with Gasteiger partial charge in [-0.1, -0.05) is 0 Å². The molecule has 8 heteroatoms. The molecule has 0 amide bonds. The molecule has 0 atom stereocenters. The zero-order chi connectivity index (χ0) is 0. The van der Waals surface area contributed by atoms with Gasteiger partial charge in [-0.15, -0.1) is 0 Å². The van der Waals surface area contributed by atoms with Gasteiger partial charge in [0.15, 0.2) is 0 Å². The molecule has 12 N–H and O–H groups in total. The summed E-state index contributed by atoms with van der Waals surface area (Å²) >= 11 is 0. The number of hydrogen-bond acceptors (Lipinski definition) is 0. The van der Waals surface area contributed by atoms with Gasteiger partial charge in [-0.3, -0.25) is 0 Å². The van der Waals surface area contributed by atoms with Crippen molar-refractivity contribution in [3.05, 3.63) is 0 Å². The molecule has 0 unspecified atom stereocenters. The minimum Gasteiger partial charge on any atom is -1.00 e. The first-order valence-corrected chi connectivity index (χ1v) is 0. The van der Waals surface area contributed by atoms with E-state index in [0.29, 0.717) is 0 Å². The summed E-state index contributed by atoms with van der Waals surface area (Å²) < 4.78 is 0. The fourth-order valence-electron chi connectivity index (χ4n) is 0. The molecule has 56 valence electrons. The van der Waals surface area contributed by atoms with Crippen molar-refractivity contribution < 1.29 is 45.3 Å². The molecule has 0 aromatic rings. The maximum Gasteiger partial charge on any atom is 2.00 e. The molecule has 0 aliphatic rings. The standard InChI is InChI=1S/ClH.6H2O.Sr/h1H;6*1H2;/q;;;;;;;+2/p-1. The molecule has 8 heavy (non-hydrogen) atoms.